The molecule has 0 saturated heterocycles. The molecule has 0 unspecified atom stereocenters. The zero-order chi connectivity index (χ0) is 7.72. The monoisotopic (exact) mass is 174 g/mol. The number of halogens is 1. The number of rotatable bonds is 1. The third kappa shape index (κ3) is 1.09. The summed E-state index contributed by atoms with van der Waals surface area (Å²) in [6.07, 6.45) is 0.807. The third-order valence-corrected chi connectivity index (χ3v) is 2.98. The summed E-state index contributed by atoms with van der Waals surface area (Å²) in [5, 5.41) is 0.609. The highest BCUT2D eigenvalue weighted by atomic mass is 35.5. The number of carbonyl (C=O) groups is 1. The summed E-state index contributed by atoms with van der Waals surface area (Å²) < 4.78 is 0. The van der Waals surface area contributed by atoms with E-state index >= 15 is 0 Å². The molecule has 10 heavy (non-hydrogen) atoms. The maximum atomic E-state index is 10.4. The van der Waals surface area contributed by atoms with Gasteiger partial charge in [0.2, 0.25) is 0 Å². The molecule has 0 spiro atoms. The van der Waals surface area contributed by atoms with Gasteiger partial charge in [-0.15, -0.1) is 11.3 Å². The fourth-order valence-electron chi connectivity index (χ4n) is 0.808. The van der Waals surface area contributed by atoms with Gasteiger partial charge in [0.05, 0.1) is 5.02 Å². The van der Waals surface area contributed by atoms with E-state index in [9.17, 15) is 4.79 Å². The Morgan fingerprint density at radius 3 is 2.20 bits per heavy atom. The van der Waals surface area contributed by atoms with Crippen molar-refractivity contribution in [3.63, 3.8) is 0 Å². The average Bonchev–Trinajstić information content (AvgIpc) is 2.09. The van der Waals surface area contributed by atoms with Gasteiger partial charge < -0.3 is 0 Å². The van der Waals surface area contributed by atoms with Crippen LogP contribution in [0.15, 0.2) is 0 Å². The lowest BCUT2D eigenvalue weighted by Crippen LogP contribution is -1.77. The molecule has 3 heteroatoms. The first-order chi connectivity index (χ1) is 4.66. The molecule has 1 aromatic rings. The van der Waals surface area contributed by atoms with Crippen LogP contribution >= 0.6 is 22.9 Å². The van der Waals surface area contributed by atoms with E-state index in [0.29, 0.717) is 10.6 Å². The van der Waals surface area contributed by atoms with Gasteiger partial charge in [-0.3, -0.25) is 4.79 Å². The molecule has 1 nitrogen and oxygen atoms in total. The SMILES string of the molecule is Cc1sc(C)c(C=O)c1Cl. The molecule has 1 aromatic heterocycles. The Morgan fingerprint density at radius 2 is 2.00 bits per heavy atom. The lowest BCUT2D eigenvalue weighted by molar-refractivity contribution is 0.112. The normalized spacial score (nSPS) is 9.90. The Morgan fingerprint density at radius 1 is 1.40 bits per heavy atom. The predicted molar refractivity (Wildman–Crippen MR) is 44.2 cm³/mol. The first-order valence-corrected chi connectivity index (χ1v) is 4.07. The number of carbonyl (C=O) groups excluding carboxylic acids is 1. The van der Waals surface area contributed by atoms with Crippen molar-refractivity contribution in [2.75, 3.05) is 0 Å². The molecule has 0 radical (unpaired) electrons. The van der Waals surface area contributed by atoms with Crippen LogP contribution < -0.4 is 0 Å². The fourth-order valence-corrected chi connectivity index (χ4v) is 2.09. The molecule has 0 saturated carbocycles. The molecule has 0 aromatic carbocycles. The Kier molecular flexibility index (Phi) is 2.11. The van der Waals surface area contributed by atoms with Crippen LogP contribution in [-0.2, 0) is 0 Å². The zero-order valence-electron chi connectivity index (χ0n) is 5.77. The molecule has 0 amide bonds. The van der Waals surface area contributed by atoms with E-state index in [1.807, 2.05) is 13.8 Å². The molecule has 0 aliphatic heterocycles. The van der Waals surface area contributed by atoms with E-state index in [1.54, 1.807) is 11.3 Å². The minimum absolute atomic E-state index is 0.609. The molecular formula is C7H7ClOS. The van der Waals surface area contributed by atoms with Crippen molar-refractivity contribution in [3.8, 4) is 0 Å². The molecule has 0 bridgehead atoms. The van der Waals surface area contributed by atoms with Gasteiger partial charge >= 0.3 is 0 Å². The van der Waals surface area contributed by atoms with Crippen molar-refractivity contribution < 1.29 is 4.79 Å². The minimum atomic E-state index is 0.609. The number of aryl methyl sites for hydroxylation is 2. The number of thiophene rings is 1. The third-order valence-electron chi connectivity index (χ3n) is 1.35. The van der Waals surface area contributed by atoms with E-state index in [1.165, 1.54) is 0 Å². The molecule has 0 aliphatic carbocycles. The van der Waals surface area contributed by atoms with E-state index in [0.717, 1.165) is 16.0 Å². The maximum Gasteiger partial charge on any atom is 0.152 e. The highest BCUT2D eigenvalue weighted by molar-refractivity contribution is 7.12. The van der Waals surface area contributed by atoms with Gasteiger partial charge in [-0.1, -0.05) is 11.6 Å². The summed E-state index contributed by atoms with van der Waals surface area (Å²) >= 11 is 7.35. The van der Waals surface area contributed by atoms with Gasteiger partial charge in [0, 0.05) is 15.3 Å². The van der Waals surface area contributed by atoms with Gasteiger partial charge in [-0.25, -0.2) is 0 Å². The lowest BCUT2D eigenvalue weighted by Gasteiger charge is -1.85. The van der Waals surface area contributed by atoms with Crippen molar-refractivity contribution in [3.05, 3.63) is 20.3 Å². The second-order valence-electron chi connectivity index (χ2n) is 2.06. The summed E-state index contributed by atoms with van der Waals surface area (Å²) in [6.45, 7) is 3.81. The Balaban J connectivity index is 3.33. The van der Waals surface area contributed by atoms with Crippen molar-refractivity contribution in [1.29, 1.82) is 0 Å². The second-order valence-corrected chi connectivity index (χ2v) is 3.87. The van der Waals surface area contributed by atoms with Gasteiger partial charge in [0.15, 0.2) is 6.29 Å². The van der Waals surface area contributed by atoms with Gasteiger partial charge in [-0.05, 0) is 13.8 Å². The predicted octanol–water partition coefficient (Wildman–Crippen LogP) is 2.83. The molecular weight excluding hydrogens is 168 g/mol. The van der Waals surface area contributed by atoms with Crippen LogP contribution in [0.3, 0.4) is 0 Å². The van der Waals surface area contributed by atoms with Crippen molar-refractivity contribution in [2.45, 2.75) is 13.8 Å². The van der Waals surface area contributed by atoms with Crippen LogP contribution in [0.2, 0.25) is 5.02 Å². The van der Waals surface area contributed by atoms with Crippen LogP contribution in [0.4, 0.5) is 0 Å². The Bertz CT molecular complexity index is 265. The summed E-state index contributed by atoms with van der Waals surface area (Å²) in [4.78, 5) is 12.4. The standard InChI is InChI=1S/C7H7ClOS/c1-4-6(3-9)7(8)5(2)10-4/h3H,1-2H3. The summed E-state index contributed by atoms with van der Waals surface area (Å²) in [5.74, 6) is 0. The first-order valence-electron chi connectivity index (χ1n) is 2.87. The first kappa shape index (κ1) is 7.76. The largest absolute Gasteiger partial charge is 0.298 e. The highest BCUT2D eigenvalue weighted by Gasteiger charge is 2.08. The quantitative estimate of drug-likeness (QED) is 0.599. The molecule has 0 aliphatic rings. The van der Waals surface area contributed by atoms with E-state index in [2.05, 4.69) is 0 Å². The Hall–Kier alpha value is -0.340. The number of aldehydes is 1. The van der Waals surface area contributed by atoms with Crippen LogP contribution in [0.5, 0.6) is 0 Å². The minimum Gasteiger partial charge on any atom is -0.298 e. The van der Waals surface area contributed by atoms with Gasteiger partial charge in [0.1, 0.15) is 0 Å². The molecule has 1 heterocycles. The Labute approximate surface area is 68.6 Å². The number of hydrogen-bond donors (Lipinski definition) is 0. The topological polar surface area (TPSA) is 17.1 Å². The van der Waals surface area contributed by atoms with Crippen molar-refractivity contribution in [2.24, 2.45) is 0 Å². The van der Waals surface area contributed by atoms with E-state index in [-0.39, 0.29) is 0 Å². The van der Waals surface area contributed by atoms with Crippen LogP contribution in [0.1, 0.15) is 20.1 Å². The van der Waals surface area contributed by atoms with Crippen molar-refractivity contribution >= 4 is 29.2 Å². The highest BCUT2D eigenvalue weighted by Crippen LogP contribution is 2.29. The maximum absolute atomic E-state index is 10.4. The summed E-state index contributed by atoms with van der Waals surface area (Å²) in [5.41, 5.74) is 0.643. The molecule has 0 fully saturated rings. The van der Waals surface area contributed by atoms with E-state index < -0.39 is 0 Å². The smallest absolute Gasteiger partial charge is 0.152 e. The molecule has 1 rings (SSSR count). The lowest BCUT2D eigenvalue weighted by atomic mass is 10.3. The van der Waals surface area contributed by atoms with Gasteiger partial charge in [0.25, 0.3) is 0 Å². The van der Waals surface area contributed by atoms with Crippen molar-refractivity contribution in [1.82, 2.24) is 0 Å². The van der Waals surface area contributed by atoms with Crippen LogP contribution in [0, 0.1) is 13.8 Å². The molecule has 54 valence electrons. The fraction of sp³-hybridized carbons (Fsp3) is 0.286. The van der Waals surface area contributed by atoms with Crippen LogP contribution in [0.25, 0.3) is 0 Å². The van der Waals surface area contributed by atoms with Crippen LogP contribution in [-0.4, -0.2) is 6.29 Å². The van der Waals surface area contributed by atoms with Gasteiger partial charge in [-0.2, -0.15) is 0 Å². The summed E-state index contributed by atoms with van der Waals surface area (Å²) in [7, 11) is 0. The molecule has 0 N–H and O–H groups in total. The zero-order valence-corrected chi connectivity index (χ0v) is 7.34. The van der Waals surface area contributed by atoms with E-state index in [4.69, 9.17) is 11.6 Å². The second kappa shape index (κ2) is 2.72. The average molecular weight is 175 g/mol. The number of hydrogen-bond acceptors (Lipinski definition) is 2. The molecule has 0 atom stereocenters. The summed E-state index contributed by atoms with van der Waals surface area (Å²) in [6, 6.07) is 0.